The van der Waals surface area contributed by atoms with Crippen molar-refractivity contribution in [2.24, 2.45) is 0 Å². The predicted octanol–water partition coefficient (Wildman–Crippen LogP) is 2.50. The Morgan fingerprint density at radius 1 is 1.39 bits per heavy atom. The van der Waals surface area contributed by atoms with E-state index in [1.54, 1.807) is 10.7 Å². The highest BCUT2D eigenvalue weighted by molar-refractivity contribution is 5.85. The van der Waals surface area contributed by atoms with Crippen LogP contribution in [0, 0.1) is 6.92 Å². The van der Waals surface area contributed by atoms with Gasteiger partial charge in [-0.2, -0.15) is 5.10 Å². The van der Waals surface area contributed by atoms with Gasteiger partial charge in [-0.15, -0.1) is 0 Å². The fourth-order valence-electron chi connectivity index (χ4n) is 1.92. The van der Waals surface area contributed by atoms with Gasteiger partial charge in [0.25, 0.3) is 0 Å². The summed E-state index contributed by atoms with van der Waals surface area (Å²) in [6, 6.07) is 9.64. The van der Waals surface area contributed by atoms with Crippen LogP contribution in [0.3, 0.4) is 0 Å². The highest BCUT2D eigenvalue weighted by Crippen LogP contribution is 2.10. The molecule has 2 rings (SSSR count). The van der Waals surface area contributed by atoms with Crippen LogP contribution < -0.4 is 0 Å². The van der Waals surface area contributed by atoms with Gasteiger partial charge in [0.2, 0.25) is 0 Å². The van der Waals surface area contributed by atoms with Crippen LogP contribution in [0.4, 0.5) is 0 Å². The Morgan fingerprint density at radius 3 is 2.78 bits per heavy atom. The lowest BCUT2D eigenvalue weighted by atomic mass is 10.1. The fourth-order valence-corrected chi connectivity index (χ4v) is 1.92. The predicted molar refractivity (Wildman–Crippen MR) is 68.8 cm³/mol. The molecule has 0 unspecified atom stereocenters. The second kappa shape index (κ2) is 5.04. The molecule has 0 fully saturated rings. The first-order chi connectivity index (χ1) is 8.60. The van der Waals surface area contributed by atoms with Crippen LogP contribution in [-0.2, 0) is 13.0 Å². The number of rotatable bonds is 4. The molecule has 0 radical (unpaired) electrons. The molecule has 0 saturated heterocycles. The van der Waals surface area contributed by atoms with E-state index in [1.165, 1.54) is 0 Å². The molecule has 2 aromatic rings. The molecule has 0 saturated carbocycles. The molecule has 4 nitrogen and oxygen atoms in total. The summed E-state index contributed by atoms with van der Waals surface area (Å²) in [5.74, 6) is -0.935. The number of carbonyl (C=O) groups is 1. The maximum Gasteiger partial charge on any atom is 0.354 e. The van der Waals surface area contributed by atoms with E-state index in [-0.39, 0.29) is 5.69 Å². The molecule has 1 aromatic carbocycles. The van der Waals surface area contributed by atoms with Gasteiger partial charge in [0, 0.05) is 0 Å². The van der Waals surface area contributed by atoms with Crippen molar-refractivity contribution in [3.63, 3.8) is 0 Å². The number of nitrogens with zero attached hydrogens (tertiary/aromatic N) is 2. The van der Waals surface area contributed by atoms with Crippen molar-refractivity contribution < 1.29 is 9.90 Å². The summed E-state index contributed by atoms with van der Waals surface area (Å²) in [6.45, 7) is 4.47. The normalized spacial score (nSPS) is 10.6. The van der Waals surface area contributed by atoms with Crippen LogP contribution in [0.25, 0.3) is 0 Å². The number of carboxylic acid groups (broad SMARTS) is 1. The van der Waals surface area contributed by atoms with Crippen LogP contribution in [0.1, 0.15) is 34.2 Å². The standard InChI is InChI=1S/C14H16N2O2/c1-3-12-8-13(14(17)18)16(15-12)9-11-6-4-5-10(2)7-11/h4-8H,3,9H2,1-2H3,(H,17,18). The Hall–Kier alpha value is -2.10. The minimum atomic E-state index is -0.935. The Balaban J connectivity index is 2.33. The minimum Gasteiger partial charge on any atom is -0.477 e. The lowest BCUT2D eigenvalue weighted by Gasteiger charge is -2.05. The molecule has 0 spiro atoms. The third-order valence-corrected chi connectivity index (χ3v) is 2.83. The summed E-state index contributed by atoms with van der Waals surface area (Å²) < 4.78 is 1.55. The lowest BCUT2D eigenvalue weighted by molar-refractivity contribution is 0.0684. The van der Waals surface area contributed by atoms with Crippen molar-refractivity contribution in [2.75, 3.05) is 0 Å². The Bertz CT molecular complexity index is 573. The molecule has 94 valence electrons. The van der Waals surface area contributed by atoms with E-state index in [0.717, 1.165) is 23.2 Å². The van der Waals surface area contributed by atoms with Crippen LogP contribution in [0.15, 0.2) is 30.3 Å². The molecule has 0 bridgehead atoms. The zero-order chi connectivity index (χ0) is 13.1. The summed E-state index contributed by atoms with van der Waals surface area (Å²) >= 11 is 0. The Morgan fingerprint density at radius 2 is 2.17 bits per heavy atom. The summed E-state index contributed by atoms with van der Waals surface area (Å²) in [5.41, 5.74) is 3.27. The smallest absolute Gasteiger partial charge is 0.354 e. The number of aromatic nitrogens is 2. The van der Waals surface area contributed by atoms with Gasteiger partial charge in [0.05, 0.1) is 12.2 Å². The quantitative estimate of drug-likeness (QED) is 0.899. The molecular weight excluding hydrogens is 228 g/mol. The molecule has 1 N–H and O–H groups in total. The van der Waals surface area contributed by atoms with Gasteiger partial charge in [0.15, 0.2) is 0 Å². The summed E-state index contributed by atoms with van der Waals surface area (Å²) in [7, 11) is 0. The average molecular weight is 244 g/mol. The molecule has 1 heterocycles. The zero-order valence-corrected chi connectivity index (χ0v) is 10.6. The highest BCUT2D eigenvalue weighted by atomic mass is 16.4. The van der Waals surface area contributed by atoms with E-state index in [1.807, 2.05) is 38.1 Å². The minimum absolute atomic E-state index is 0.244. The van der Waals surface area contributed by atoms with Gasteiger partial charge in [-0.1, -0.05) is 36.8 Å². The summed E-state index contributed by atoms with van der Waals surface area (Å²) in [4.78, 5) is 11.1. The van der Waals surface area contributed by atoms with E-state index in [2.05, 4.69) is 5.10 Å². The number of hydrogen-bond donors (Lipinski definition) is 1. The lowest BCUT2D eigenvalue weighted by Crippen LogP contribution is -2.11. The van der Waals surface area contributed by atoms with Crippen LogP contribution in [0.5, 0.6) is 0 Å². The largest absolute Gasteiger partial charge is 0.477 e. The molecule has 18 heavy (non-hydrogen) atoms. The van der Waals surface area contributed by atoms with Gasteiger partial charge in [-0.05, 0) is 25.0 Å². The molecular formula is C14H16N2O2. The third kappa shape index (κ3) is 2.59. The van der Waals surface area contributed by atoms with Crippen molar-refractivity contribution in [3.8, 4) is 0 Å². The number of aryl methyl sites for hydroxylation is 2. The maximum absolute atomic E-state index is 11.1. The fraction of sp³-hybridized carbons (Fsp3) is 0.286. The van der Waals surface area contributed by atoms with Crippen molar-refractivity contribution in [1.82, 2.24) is 9.78 Å². The molecule has 0 aliphatic rings. The SMILES string of the molecule is CCc1cc(C(=O)O)n(Cc2cccc(C)c2)n1. The van der Waals surface area contributed by atoms with E-state index in [9.17, 15) is 4.79 Å². The van der Waals surface area contributed by atoms with E-state index < -0.39 is 5.97 Å². The van der Waals surface area contributed by atoms with Crippen LogP contribution in [0.2, 0.25) is 0 Å². The molecule has 0 atom stereocenters. The molecule has 0 amide bonds. The first-order valence-electron chi connectivity index (χ1n) is 5.95. The Kier molecular flexibility index (Phi) is 3.46. The monoisotopic (exact) mass is 244 g/mol. The van der Waals surface area contributed by atoms with Gasteiger partial charge in [-0.3, -0.25) is 4.68 Å². The summed E-state index contributed by atoms with van der Waals surface area (Å²) in [6.07, 6.45) is 0.737. The molecule has 0 aliphatic heterocycles. The van der Waals surface area contributed by atoms with E-state index >= 15 is 0 Å². The maximum atomic E-state index is 11.1. The Labute approximate surface area is 106 Å². The van der Waals surface area contributed by atoms with Crippen molar-refractivity contribution >= 4 is 5.97 Å². The van der Waals surface area contributed by atoms with Gasteiger partial charge in [0.1, 0.15) is 5.69 Å². The highest BCUT2D eigenvalue weighted by Gasteiger charge is 2.13. The zero-order valence-electron chi connectivity index (χ0n) is 10.6. The van der Waals surface area contributed by atoms with E-state index in [4.69, 9.17) is 5.11 Å². The first kappa shape index (κ1) is 12.4. The van der Waals surface area contributed by atoms with Crippen molar-refractivity contribution in [3.05, 3.63) is 52.8 Å². The first-order valence-corrected chi connectivity index (χ1v) is 5.95. The average Bonchev–Trinajstić information content (AvgIpc) is 2.72. The second-order valence-electron chi connectivity index (χ2n) is 4.33. The summed E-state index contributed by atoms with van der Waals surface area (Å²) in [5, 5.41) is 13.5. The van der Waals surface area contributed by atoms with E-state index in [0.29, 0.717) is 6.54 Å². The van der Waals surface area contributed by atoms with Crippen molar-refractivity contribution in [1.29, 1.82) is 0 Å². The number of aromatic carboxylic acids is 1. The number of carboxylic acids is 1. The second-order valence-corrected chi connectivity index (χ2v) is 4.33. The van der Waals surface area contributed by atoms with Gasteiger partial charge < -0.3 is 5.11 Å². The van der Waals surface area contributed by atoms with Crippen LogP contribution in [-0.4, -0.2) is 20.9 Å². The van der Waals surface area contributed by atoms with Crippen molar-refractivity contribution in [2.45, 2.75) is 26.8 Å². The van der Waals surface area contributed by atoms with Gasteiger partial charge in [-0.25, -0.2) is 4.79 Å². The molecule has 0 aliphatic carbocycles. The molecule has 1 aromatic heterocycles. The molecule has 4 heteroatoms. The van der Waals surface area contributed by atoms with Gasteiger partial charge >= 0.3 is 5.97 Å². The third-order valence-electron chi connectivity index (χ3n) is 2.83. The van der Waals surface area contributed by atoms with Crippen LogP contribution >= 0.6 is 0 Å². The number of benzene rings is 1. The topological polar surface area (TPSA) is 55.1 Å². The number of hydrogen-bond acceptors (Lipinski definition) is 2.